The highest BCUT2D eigenvalue weighted by Crippen LogP contribution is 2.20. The maximum atomic E-state index is 13.2. The molecule has 1 aromatic rings. The van der Waals surface area contributed by atoms with Crippen molar-refractivity contribution in [1.82, 2.24) is 5.32 Å². The van der Waals surface area contributed by atoms with Gasteiger partial charge in [-0.15, -0.1) is 11.8 Å². The fourth-order valence-corrected chi connectivity index (χ4v) is 2.16. The minimum atomic E-state index is -0.116. The lowest BCUT2D eigenvalue weighted by molar-refractivity contribution is 0.547. The Bertz CT molecular complexity index is 302. The zero-order valence-corrected chi connectivity index (χ0v) is 10.8. The molecule has 1 aromatic carbocycles. The van der Waals surface area contributed by atoms with E-state index in [0.717, 1.165) is 29.7 Å². The number of nitrogens with one attached hydrogen (secondary N) is 1. The van der Waals surface area contributed by atoms with Gasteiger partial charge in [-0.05, 0) is 31.0 Å². The van der Waals surface area contributed by atoms with E-state index in [4.69, 9.17) is 0 Å². The maximum absolute atomic E-state index is 13.2. The van der Waals surface area contributed by atoms with Crippen molar-refractivity contribution in [3.05, 3.63) is 30.1 Å². The van der Waals surface area contributed by atoms with Crippen LogP contribution in [0.1, 0.15) is 20.3 Å². The zero-order chi connectivity index (χ0) is 11.8. The molecule has 0 radical (unpaired) electrons. The molecule has 0 aliphatic heterocycles. The summed E-state index contributed by atoms with van der Waals surface area (Å²) in [6, 6.07) is 6.93. The molecule has 16 heavy (non-hydrogen) atoms. The van der Waals surface area contributed by atoms with E-state index in [0.29, 0.717) is 0 Å². The molecule has 1 N–H and O–H groups in total. The van der Waals surface area contributed by atoms with Crippen molar-refractivity contribution in [3.63, 3.8) is 0 Å². The molecular formula is C13H20FNS. The first-order chi connectivity index (χ1) is 7.70. The zero-order valence-electron chi connectivity index (χ0n) is 10.0. The van der Waals surface area contributed by atoms with Crippen LogP contribution in [0.3, 0.4) is 0 Å². The van der Waals surface area contributed by atoms with Crippen LogP contribution in [-0.4, -0.2) is 18.8 Å². The highest BCUT2D eigenvalue weighted by molar-refractivity contribution is 7.99. The Morgan fingerprint density at radius 2 is 2.00 bits per heavy atom. The third-order valence-corrected chi connectivity index (χ3v) is 3.32. The molecule has 0 aromatic heterocycles. The summed E-state index contributed by atoms with van der Waals surface area (Å²) in [4.78, 5) is 0.744. The molecule has 0 saturated carbocycles. The van der Waals surface area contributed by atoms with Crippen LogP contribution in [0.25, 0.3) is 0 Å². The van der Waals surface area contributed by atoms with Crippen LogP contribution >= 0.6 is 11.8 Å². The van der Waals surface area contributed by atoms with Gasteiger partial charge in [0.05, 0.1) is 0 Å². The van der Waals surface area contributed by atoms with Crippen LogP contribution in [-0.2, 0) is 0 Å². The second-order valence-corrected chi connectivity index (χ2v) is 5.35. The Kier molecular flexibility index (Phi) is 6.50. The molecule has 0 amide bonds. The predicted octanol–water partition coefficient (Wildman–Crippen LogP) is 3.55. The second-order valence-electron chi connectivity index (χ2n) is 4.21. The quantitative estimate of drug-likeness (QED) is 0.579. The third-order valence-electron chi connectivity index (χ3n) is 2.27. The lowest BCUT2D eigenvalue weighted by Crippen LogP contribution is -2.19. The largest absolute Gasteiger partial charge is 0.316 e. The third kappa shape index (κ3) is 5.52. The van der Waals surface area contributed by atoms with Gasteiger partial charge in [0, 0.05) is 17.2 Å². The summed E-state index contributed by atoms with van der Waals surface area (Å²) in [6.07, 6.45) is 1.20. The molecule has 1 nitrogen and oxygen atoms in total. The number of benzene rings is 1. The van der Waals surface area contributed by atoms with Gasteiger partial charge in [-0.1, -0.05) is 26.0 Å². The van der Waals surface area contributed by atoms with E-state index in [1.54, 1.807) is 17.8 Å². The lowest BCUT2D eigenvalue weighted by Gasteiger charge is -2.07. The highest BCUT2D eigenvalue weighted by Gasteiger charge is 2.00. The Morgan fingerprint density at radius 1 is 1.25 bits per heavy atom. The van der Waals surface area contributed by atoms with Crippen molar-refractivity contribution in [2.75, 3.05) is 18.8 Å². The predicted molar refractivity (Wildman–Crippen MR) is 69.4 cm³/mol. The fourth-order valence-electron chi connectivity index (χ4n) is 1.31. The molecule has 0 atom stereocenters. The number of hydrogen-bond donors (Lipinski definition) is 1. The molecule has 90 valence electrons. The van der Waals surface area contributed by atoms with Crippen molar-refractivity contribution in [1.29, 1.82) is 0 Å². The van der Waals surface area contributed by atoms with Crippen molar-refractivity contribution in [3.8, 4) is 0 Å². The monoisotopic (exact) mass is 241 g/mol. The maximum Gasteiger partial charge on any atom is 0.136 e. The van der Waals surface area contributed by atoms with Crippen LogP contribution in [0.15, 0.2) is 29.2 Å². The average molecular weight is 241 g/mol. The summed E-state index contributed by atoms with van der Waals surface area (Å²) < 4.78 is 13.2. The van der Waals surface area contributed by atoms with E-state index in [1.165, 1.54) is 12.5 Å². The molecule has 0 saturated heterocycles. The Balaban J connectivity index is 2.10. The fraction of sp³-hybridized carbons (Fsp3) is 0.538. The highest BCUT2D eigenvalue weighted by atomic mass is 32.2. The van der Waals surface area contributed by atoms with Gasteiger partial charge in [0.1, 0.15) is 5.82 Å². The van der Waals surface area contributed by atoms with Crippen molar-refractivity contribution < 1.29 is 4.39 Å². The van der Waals surface area contributed by atoms with Gasteiger partial charge < -0.3 is 5.32 Å². The van der Waals surface area contributed by atoms with Crippen LogP contribution in [0.5, 0.6) is 0 Å². The molecule has 0 heterocycles. The minimum Gasteiger partial charge on any atom is -0.316 e. The average Bonchev–Trinajstić information content (AvgIpc) is 2.25. The first-order valence-electron chi connectivity index (χ1n) is 5.78. The molecule has 3 heteroatoms. The van der Waals surface area contributed by atoms with Gasteiger partial charge >= 0.3 is 0 Å². The molecule has 0 unspecified atom stereocenters. The van der Waals surface area contributed by atoms with Crippen molar-refractivity contribution in [2.45, 2.75) is 25.2 Å². The first-order valence-corrected chi connectivity index (χ1v) is 6.76. The summed E-state index contributed by atoms with van der Waals surface area (Å²) in [6.45, 7) is 6.42. The van der Waals surface area contributed by atoms with Gasteiger partial charge in [0.15, 0.2) is 0 Å². The van der Waals surface area contributed by atoms with Crippen LogP contribution in [0.4, 0.5) is 4.39 Å². The Hall–Kier alpha value is -0.540. The van der Waals surface area contributed by atoms with Crippen molar-refractivity contribution >= 4 is 11.8 Å². The lowest BCUT2D eigenvalue weighted by atomic mass is 10.1. The smallest absolute Gasteiger partial charge is 0.136 e. The van der Waals surface area contributed by atoms with Gasteiger partial charge in [-0.3, -0.25) is 0 Å². The number of hydrogen-bond acceptors (Lipinski definition) is 2. The normalized spacial score (nSPS) is 11.0. The van der Waals surface area contributed by atoms with Gasteiger partial charge in [0.25, 0.3) is 0 Å². The van der Waals surface area contributed by atoms with E-state index in [2.05, 4.69) is 19.2 Å². The minimum absolute atomic E-state index is 0.116. The summed E-state index contributed by atoms with van der Waals surface area (Å²) in [5.41, 5.74) is 0. The summed E-state index contributed by atoms with van der Waals surface area (Å²) in [5, 5.41) is 3.36. The van der Waals surface area contributed by atoms with Crippen molar-refractivity contribution in [2.24, 2.45) is 5.92 Å². The number of halogens is 1. The SMILES string of the molecule is CC(C)CCNCCSc1ccccc1F. The van der Waals surface area contributed by atoms with Crippen LogP contribution in [0, 0.1) is 11.7 Å². The summed E-state index contributed by atoms with van der Waals surface area (Å²) in [7, 11) is 0. The summed E-state index contributed by atoms with van der Waals surface area (Å²) >= 11 is 1.57. The summed E-state index contributed by atoms with van der Waals surface area (Å²) in [5.74, 6) is 1.54. The van der Waals surface area contributed by atoms with Gasteiger partial charge in [-0.25, -0.2) is 4.39 Å². The first kappa shape index (κ1) is 13.5. The van der Waals surface area contributed by atoms with E-state index < -0.39 is 0 Å². The van der Waals surface area contributed by atoms with Gasteiger partial charge in [0.2, 0.25) is 0 Å². The van der Waals surface area contributed by atoms with Crippen LogP contribution < -0.4 is 5.32 Å². The number of thioether (sulfide) groups is 1. The molecule has 1 rings (SSSR count). The van der Waals surface area contributed by atoms with E-state index >= 15 is 0 Å². The molecule has 0 aliphatic rings. The van der Waals surface area contributed by atoms with E-state index in [9.17, 15) is 4.39 Å². The van der Waals surface area contributed by atoms with E-state index in [1.807, 2.05) is 12.1 Å². The van der Waals surface area contributed by atoms with Gasteiger partial charge in [-0.2, -0.15) is 0 Å². The molecule has 0 bridgehead atoms. The standard InChI is InChI=1S/C13H20FNS/c1-11(2)7-8-15-9-10-16-13-6-4-3-5-12(13)14/h3-6,11,15H,7-10H2,1-2H3. The van der Waals surface area contributed by atoms with E-state index in [-0.39, 0.29) is 5.82 Å². The Labute approximate surface area is 102 Å². The second kappa shape index (κ2) is 7.69. The molecular weight excluding hydrogens is 221 g/mol. The molecule has 0 fully saturated rings. The molecule has 0 spiro atoms. The van der Waals surface area contributed by atoms with Crippen LogP contribution in [0.2, 0.25) is 0 Å². The topological polar surface area (TPSA) is 12.0 Å². The Morgan fingerprint density at radius 3 is 2.69 bits per heavy atom. The number of rotatable bonds is 7. The molecule has 0 aliphatic carbocycles.